The van der Waals surface area contributed by atoms with E-state index >= 15 is 0 Å². The molecule has 4 aromatic rings. The maximum atomic E-state index is 14.4. The number of nitriles is 1. The molecule has 0 saturated carbocycles. The molecule has 0 atom stereocenters. The smallest absolute Gasteiger partial charge is 0.151 e. The van der Waals surface area contributed by atoms with Crippen molar-refractivity contribution in [3.8, 4) is 17.6 Å². The third kappa shape index (κ3) is 4.34. The maximum absolute atomic E-state index is 14.4. The molecule has 0 saturated heterocycles. The zero-order chi connectivity index (χ0) is 20.9. The molecule has 0 aliphatic heterocycles. The van der Waals surface area contributed by atoms with Crippen LogP contribution in [0.25, 0.3) is 21.9 Å². The average Bonchev–Trinajstić information content (AvgIpc) is 3.11. The van der Waals surface area contributed by atoms with E-state index in [-0.39, 0.29) is 12.3 Å². The zero-order valence-electron chi connectivity index (χ0n) is 16.5. The van der Waals surface area contributed by atoms with Crippen LogP contribution in [0, 0.1) is 17.1 Å². The highest BCUT2D eigenvalue weighted by atomic mass is 19.1. The lowest BCUT2D eigenvalue weighted by Crippen LogP contribution is -2.24. The minimum Gasteiger partial charge on any atom is -0.491 e. The number of benzene rings is 2. The van der Waals surface area contributed by atoms with Gasteiger partial charge < -0.3 is 13.9 Å². The fraction of sp³-hybridized carbons (Fsp3) is 0.217. The van der Waals surface area contributed by atoms with Gasteiger partial charge in [-0.15, -0.1) is 0 Å². The third-order valence-corrected chi connectivity index (χ3v) is 4.70. The summed E-state index contributed by atoms with van der Waals surface area (Å²) in [6.45, 7) is 1.21. The predicted octanol–water partition coefficient (Wildman–Crippen LogP) is 4.53. The molecular weight excluding hydrogens is 385 g/mol. The summed E-state index contributed by atoms with van der Waals surface area (Å²) in [6, 6.07) is 16.7. The molecular formula is C23H20FN3O3. The Hall–Kier alpha value is -3.63. The van der Waals surface area contributed by atoms with Crippen LogP contribution >= 0.6 is 0 Å². The van der Waals surface area contributed by atoms with Crippen LogP contribution in [0.3, 0.4) is 0 Å². The number of pyridine rings is 1. The highest BCUT2D eigenvalue weighted by Crippen LogP contribution is 2.31. The van der Waals surface area contributed by atoms with Crippen molar-refractivity contribution >= 4 is 21.9 Å². The van der Waals surface area contributed by atoms with Crippen LogP contribution in [0.4, 0.5) is 4.39 Å². The van der Waals surface area contributed by atoms with Gasteiger partial charge in [0.05, 0.1) is 18.8 Å². The van der Waals surface area contributed by atoms with Gasteiger partial charge in [0.1, 0.15) is 41.6 Å². The molecule has 2 heterocycles. The maximum Gasteiger partial charge on any atom is 0.151 e. The molecule has 0 aliphatic carbocycles. The van der Waals surface area contributed by atoms with Gasteiger partial charge in [0, 0.05) is 23.4 Å². The minimum atomic E-state index is -0.493. The monoisotopic (exact) mass is 405 g/mol. The van der Waals surface area contributed by atoms with Crippen molar-refractivity contribution in [2.24, 2.45) is 0 Å². The van der Waals surface area contributed by atoms with E-state index in [1.165, 1.54) is 12.3 Å². The van der Waals surface area contributed by atoms with Crippen LogP contribution in [-0.2, 0) is 6.61 Å². The van der Waals surface area contributed by atoms with Gasteiger partial charge >= 0.3 is 0 Å². The van der Waals surface area contributed by atoms with Crippen molar-refractivity contribution in [1.29, 1.82) is 5.26 Å². The molecule has 4 rings (SSSR count). The number of rotatable bonds is 8. The first kappa shape index (κ1) is 19.7. The van der Waals surface area contributed by atoms with E-state index in [1.54, 1.807) is 6.07 Å². The van der Waals surface area contributed by atoms with Crippen LogP contribution in [-0.4, -0.2) is 36.6 Å². The third-order valence-electron chi connectivity index (χ3n) is 4.70. The molecule has 0 unspecified atom stereocenters. The minimum absolute atomic E-state index is 0.00168. The quantitative estimate of drug-likeness (QED) is 0.401. The van der Waals surface area contributed by atoms with Crippen LogP contribution in [0.1, 0.15) is 5.69 Å². The molecule has 0 fully saturated rings. The van der Waals surface area contributed by atoms with Gasteiger partial charge in [-0.1, -0.05) is 18.2 Å². The van der Waals surface area contributed by atoms with E-state index in [0.29, 0.717) is 31.2 Å². The van der Waals surface area contributed by atoms with Crippen molar-refractivity contribution < 1.29 is 18.3 Å². The Bertz CT molecular complexity index is 1220. The lowest BCUT2D eigenvalue weighted by atomic mass is 10.1. The van der Waals surface area contributed by atoms with Gasteiger partial charge in [-0.05, 0) is 31.3 Å². The van der Waals surface area contributed by atoms with Crippen LogP contribution in [0.15, 0.2) is 59.1 Å². The van der Waals surface area contributed by atoms with Gasteiger partial charge in [0.2, 0.25) is 0 Å². The van der Waals surface area contributed by atoms with E-state index < -0.39 is 5.82 Å². The topological polar surface area (TPSA) is 71.5 Å². The van der Waals surface area contributed by atoms with Gasteiger partial charge in [0.15, 0.2) is 5.82 Å². The van der Waals surface area contributed by atoms with Crippen molar-refractivity contribution in [2.45, 2.75) is 6.61 Å². The summed E-state index contributed by atoms with van der Waals surface area (Å²) >= 11 is 0. The summed E-state index contributed by atoms with van der Waals surface area (Å²) in [5.41, 5.74) is 1.78. The van der Waals surface area contributed by atoms with Crippen molar-refractivity contribution in [3.63, 3.8) is 0 Å². The Labute approximate surface area is 173 Å². The molecule has 0 bridgehead atoms. The van der Waals surface area contributed by atoms with Crippen LogP contribution in [0.2, 0.25) is 0 Å². The summed E-state index contributed by atoms with van der Waals surface area (Å²) in [5.74, 6) is 0.455. The number of fused-ring (bicyclic) bond motifs is 3. The summed E-state index contributed by atoms with van der Waals surface area (Å²) in [5, 5.41) is 10.6. The van der Waals surface area contributed by atoms with Gasteiger partial charge in [-0.25, -0.2) is 4.39 Å². The summed E-state index contributed by atoms with van der Waals surface area (Å²) in [6.07, 6.45) is 1.47. The van der Waals surface area contributed by atoms with E-state index in [0.717, 1.165) is 21.9 Å². The number of furan rings is 1. The zero-order valence-corrected chi connectivity index (χ0v) is 16.5. The van der Waals surface area contributed by atoms with Crippen molar-refractivity contribution in [2.75, 3.05) is 26.7 Å². The highest BCUT2D eigenvalue weighted by Gasteiger charge is 2.10. The molecule has 7 heteroatoms. The SMILES string of the molecule is CN(CC#N)CCOc1cnc(COc2ccc3oc4ccccc4c3c2)c(F)c1. The summed E-state index contributed by atoms with van der Waals surface area (Å²) in [4.78, 5) is 5.93. The highest BCUT2D eigenvalue weighted by molar-refractivity contribution is 6.05. The van der Waals surface area contributed by atoms with E-state index in [1.807, 2.05) is 48.3 Å². The molecule has 2 aromatic heterocycles. The van der Waals surface area contributed by atoms with Crippen LogP contribution < -0.4 is 9.47 Å². The first-order valence-corrected chi connectivity index (χ1v) is 9.51. The Morgan fingerprint density at radius 3 is 2.73 bits per heavy atom. The Morgan fingerprint density at radius 1 is 1.07 bits per heavy atom. The second-order valence-corrected chi connectivity index (χ2v) is 6.89. The molecule has 0 aliphatic rings. The number of hydrogen-bond acceptors (Lipinski definition) is 6. The molecule has 30 heavy (non-hydrogen) atoms. The number of nitrogens with zero attached hydrogens (tertiary/aromatic N) is 3. The first-order valence-electron chi connectivity index (χ1n) is 9.51. The van der Waals surface area contributed by atoms with E-state index in [2.05, 4.69) is 11.1 Å². The molecule has 0 radical (unpaired) electrons. The van der Waals surface area contributed by atoms with Crippen molar-refractivity contribution in [3.05, 3.63) is 66.2 Å². The fourth-order valence-corrected chi connectivity index (χ4v) is 3.10. The lowest BCUT2D eigenvalue weighted by Gasteiger charge is -2.13. The number of hydrogen-bond donors (Lipinski definition) is 0. The Morgan fingerprint density at radius 2 is 1.90 bits per heavy atom. The van der Waals surface area contributed by atoms with E-state index in [9.17, 15) is 4.39 Å². The van der Waals surface area contributed by atoms with Gasteiger partial charge in [0.25, 0.3) is 0 Å². The summed E-state index contributed by atoms with van der Waals surface area (Å²) < 4.78 is 31.4. The Kier molecular flexibility index (Phi) is 5.77. The molecule has 152 valence electrons. The summed E-state index contributed by atoms with van der Waals surface area (Å²) in [7, 11) is 1.82. The largest absolute Gasteiger partial charge is 0.491 e. The second-order valence-electron chi connectivity index (χ2n) is 6.89. The molecule has 2 aromatic carbocycles. The van der Waals surface area contributed by atoms with Crippen LogP contribution in [0.5, 0.6) is 11.5 Å². The number of aromatic nitrogens is 1. The average molecular weight is 405 g/mol. The number of likely N-dealkylation sites (N-methyl/N-ethyl adjacent to an activating group) is 1. The number of halogens is 1. The van der Waals surface area contributed by atoms with Crippen molar-refractivity contribution in [1.82, 2.24) is 9.88 Å². The van der Waals surface area contributed by atoms with Gasteiger partial charge in [-0.2, -0.15) is 5.26 Å². The standard InChI is InChI=1S/C23H20FN3O3/c1-27(9-8-25)10-11-28-17-13-20(24)21(26-14-17)15-29-16-6-7-23-19(12-16)18-4-2-3-5-22(18)30-23/h2-7,12-14H,9-11,15H2,1H3. The fourth-order valence-electron chi connectivity index (χ4n) is 3.10. The number of para-hydroxylation sites is 1. The molecule has 6 nitrogen and oxygen atoms in total. The molecule has 0 spiro atoms. The molecule has 0 N–H and O–H groups in total. The van der Waals surface area contributed by atoms with E-state index in [4.69, 9.17) is 19.2 Å². The first-order chi connectivity index (χ1) is 14.6. The molecule has 0 amide bonds. The normalized spacial score (nSPS) is 11.1. The lowest BCUT2D eigenvalue weighted by molar-refractivity contribution is 0.248. The Balaban J connectivity index is 1.40. The second kappa shape index (κ2) is 8.80. The predicted molar refractivity (Wildman–Crippen MR) is 111 cm³/mol. The van der Waals surface area contributed by atoms with Gasteiger partial charge in [-0.3, -0.25) is 9.88 Å². The number of ether oxygens (including phenoxy) is 2.